The molecule has 0 unspecified atom stereocenters. The number of carbonyl (C=O) groups is 2. The number of hydrogen-bond acceptors (Lipinski definition) is 5. The second kappa shape index (κ2) is 4.73. The number of carbonyl (C=O) groups excluding carboxylic acids is 2. The van der Waals surface area contributed by atoms with E-state index >= 15 is 0 Å². The van der Waals surface area contributed by atoms with Crippen LogP contribution in [0.15, 0.2) is 12.4 Å². The SMILES string of the molecule is CC(C)(C)OC(=O)Nc1cc(C2(C(N)=O)CC2)ncn1. The minimum absolute atomic E-state index is 0.289. The zero-order valence-corrected chi connectivity index (χ0v) is 11.8. The maximum absolute atomic E-state index is 11.7. The predicted molar refractivity (Wildman–Crippen MR) is 72.0 cm³/mol. The van der Waals surface area contributed by atoms with Gasteiger partial charge in [0.05, 0.1) is 11.1 Å². The number of ether oxygens (including phenoxy) is 1. The third-order valence-electron chi connectivity index (χ3n) is 3.01. The van der Waals surface area contributed by atoms with Crippen LogP contribution >= 0.6 is 0 Å². The monoisotopic (exact) mass is 278 g/mol. The van der Waals surface area contributed by atoms with Crippen molar-refractivity contribution in [2.75, 3.05) is 5.32 Å². The number of nitrogens with two attached hydrogens (primary N) is 1. The first-order chi connectivity index (χ1) is 9.23. The van der Waals surface area contributed by atoms with Crippen LogP contribution in [0.3, 0.4) is 0 Å². The van der Waals surface area contributed by atoms with Crippen molar-refractivity contribution in [1.82, 2.24) is 9.97 Å². The molecule has 108 valence electrons. The molecule has 7 heteroatoms. The van der Waals surface area contributed by atoms with Crippen LogP contribution in [0.2, 0.25) is 0 Å². The Hall–Kier alpha value is -2.18. The first-order valence-corrected chi connectivity index (χ1v) is 6.35. The summed E-state index contributed by atoms with van der Waals surface area (Å²) in [5, 5.41) is 2.51. The summed E-state index contributed by atoms with van der Waals surface area (Å²) in [6.45, 7) is 5.30. The fourth-order valence-electron chi connectivity index (χ4n) is 1.85. The maximum Gasteiger partial charge on any atom is 0.413 e. The van der Waals surface area contributed by atoms with Crippen molar-refractivity contribution >= 4 is 17.8 Å². The summed E-state index contributed by atoms with van der Waals surface area (Å²) in [5.41, 5.74) is 4.63. The molecule has 1 fully saturated rings. The number of primary amides is 1. The Labute approximate surface area is 116 Å². The number of anilines is 1. The van der Waals surface area contributed by atoms with Gasteiger partial charge in [-0.3, -0.25) is 10.1 Å². The Morgan fingerprint density at radius 3 is 2.50 bits per heavy atom. The molecule has 3 N–H and O–H groups in total. The molecule has 0 spiro atoms. The van der Waals surface area contributed by atoms with Crippen molar-refractivity contribution in [1.29, 1.82) is 0 Å². The molecule has 1 saturated carbocycles. The molecule has 2 amide bonds. The summed E-state index contributed by atoms with van der Waals surface area (Å²) in [6, 6.07) is 1.56. The van der Waals surface area contributed by atoms with E-state index in [4.69, 9.17) is 10.5 Å². The zero-order chi connectivity index (χ0) is 15.0. The van der Waals surface area contributed by atoms with Gasteiger partial charge in [0, 0.05) is 6.07 Å². The van der Waals surface area contributed by atoms with E-state index in [1.165, 1.54) is 6.33 Å². The second-order valence-electron chi connectivity index (χ2n) is 5.86. The Morgan fingerprint density at radius 2 is 2.00 bits per heavy atom. The third kappa shape index (κ3) is 3.04. The lowest BCUT2D eigenvalue weighted by Gasteiger charge is -2.19. The molecule has 1 aliphatic carbocycles. The quantitative estimate of drug-likeness (QED) is 0.867. The van der Waals surface area contributed by atoms with Crippen molar-refractivity contribution in [3.8, 4) is 0 Å². The number of nitrogens with zero attached hydrogens (tertiary/aromatic N) is 2. The molecule has 0 aliphatic heterocycles. The van der Waals surface area contributed by atoms with Gasteiger partial charge in [0.25, 0.3) is 0 Å². The van der Waals surface area contributed by atoms with Gasteiger partial charge in [-0.2, -0.15) is 0 Å². The van der Waals surface area contributed by atoms with Gasteiger partial charge in [-0.15, -0.1) is 0 Å². The van der Waals surface area contributed by atoms with Crippen molar-refractivity contribution in [3.63, 3.8) is 0 Å². The van der Waals surface area contributed by atoms with Gasteiger partial charge in [-0.05, 0) is 33.6 Å². The lowest BCUT2D eigenvalue weighted by Crippen LogP contribution is -2.30. The number of hydrogen-bond donors (Lipinski definition) is 2. The molecule has 1 aliphatic rings. The van der Waals surface area contributed by atoms with E-state index in [2.05, 4.69) is 15.3 Å². The van der Waals surface area contributed by atoms with Crippen LogP contribution in [0.1, 0.15) is 39.3 Å². The van der Waals surface area contributed by atoms with Gasteiger partial charge in [0.15, 0.2) is 0 Å². The molecule has 1 aromatic rings. The zero-order valence-electron chi connectivity index (χ0n) is 11.8. The van der Waals surface area contributed by atoms with Crippen LogP contribution < -0.4 is 11.1 Å². The third-order valence-corrected chi connectivity index (χ3v) is 3.01. The van der Waals surface area contributed by atoms with Gasteiger partial charge in [-0.25, -0.2) is 14.8 Å². The molecule has 1 heterocycles. The number of rotatable bonds is 3. The van der Waals surface area contributed by atoms with E-state index in [1.54, 1.807) is 26.8 Å². The highest BCUT2D eigenvalue weighted by molar-refractivity contribution is 5.90. The largest absolute Gasteiger partial charge is 0.444 e. The molecule has 0 radical (unpaired) electrons. The Morgan fingerprint density at radius 1 is 1.35 bits per heavy atom. The van der Waals surface area contributed by atoms with Crippen LogP contribution in [0, 0.1) is 0 Å². The normalized spacial score (nSPS) is 16.4. The molecule has 0 atom stereocenters. The van der Waals surface area contributed by atoms with E-state index in [-0.39, 0.29) is 5.82 Å². The van der Waals surface area contributed by atoms with Crippen molar-refractivity contribution in [2.24, 2.45) is 5.73 Å². The molecular weight excluding hydrogens is 260 g/mol. The summed E-state index contributed by atoms with van der Waals surface area (Å²) in [7, 11) is 0. The fraction of sp³-hybridized carbons (Fsp3) is 0.538. The summed E-state index contributed by atoms with van der Waals surface area (Å²) in [6.07, 6.45) is 2.03. The van der Waals surface area contributed by atoms with Crippen LogP contribution in [-0.2, 0) is 14.9 Å². The molecule has 20 heavy (non-hydrogen) atoms. The highest BCUT2D eigenvalue weighted by Crippen LogP contribution is 2.47. The van der Waals surface area contributed by atoms with Gasteiger partial charge >= 0.3 is 6.09 Å². The predicted octanol–water partition coefficient (Wildman–Crippen LogP) is 1.34. The topological polar surface area (TPSA) is 107 Å². The molecule has 1 aromatic heterocycles. The van der Waals surface area contributed by atoms with Crippen LogP contribution in [-0.4, -0.2) is 27.6 Å². The number of nitrogens with one attached hydrogen (secondary N) is 1. The molecule has 0 saturated heterocycles. The Bertz CT molecular complexity index is 547. The number of aromatic nitrogens is 2. The van der Waals surface area contributed by atoms with Crippen LogP contribution in [0.25, 0.3) is 0 Å². The van der Waals surface area contributed by atoms with E-state index in [0.29, 0.717) is 18.5 Å². The van der Waals surface area contributed by atoms with Crippen molar-refractivity contribution in [3.05, 3.63) is 18.1 Å². The first-order valence-electron chi connectivity index (χ1n) is 6.35. The average molecular weight is 278 g/mol. The number of amides is 2. The van der Waals surface area contributed by atoms with E-state index in [9.17, 15) is 9.59 Å². The smallest absolute Gasteiger partial charge is 0.413 e. The minimum Gasteiger partial charge on any atom is -0.444 e. The Balaban J connectivity index is 2.11. The lowest BCUT2D eigenvalue weighted by atomic mass is 10.0. The molecule has 7 nitrogen and oxygen atoms in total. The highest BCUT2D eigenvalue weighted by Gasteiger charge is 2.51. The molecule has 0 aromatic carbocycles. The summed E-state index contributed by atoms with van der Waals surface area (Å²) >= 11 is 0. The van der Waals surface area contributed by atoms with E-state index in [0.717, 1.165) is 0 Å². The van der Waals surface area contributed by atoms with Gasteiger partial charge < -0.3 is 10.5 Å². The molecule has 0 bridgehead atoms. The summed E-state index contributed by atoms with van der Waals surface area (Å²) < 4.78 is 5.13. The van der Waals surface area contributed by atoms with Gasteiger partial charge in [0.1, 0.15) is 17.7 Å². The fourth-order valence-corrected chi connectivity index (χ4v) is 1.85. The van der Waals surface area contributed by atoms with Crippen molar-refractivity contribution in [2.45, 2.75) is 44.6 Å². The van der Waals surface area contributed by atoms with Crippen LogP contribution in [0.5, 0.6) is 0 Å². The lowest BCUT2D eigenvalue weighted by molar-refractivity contribution is -0.120. The standard InChI is InChI=1S/C13H18N4O3/c1-12(2,3)20-11(19)17-9-6-8(15-7-16-9)13(4-5-13)10(14)18/h6-7H,4-5H2,1-3H3,(H2,14,18)(H,15,16,17,19). The Kier molecular flexibility index (Phi) is 3.37. The first kappa shape index (κ1) is 14.2. The van der Waals surface area contributed by atoms with Gasteiger partial charge in [0.2, 0.25) is 5.91 Å². The minimum atomic E-state index is -0.701. The molecular formula is C13H18N4O3. The van der Waals surface area contributed by atoms with Crippen molar-refractivity contribution < 1.29 is 14.3 Å². The average Bonchev–Trinajstić information content (AvgIpc) is 3.07. The van der Waals surface area contributed by atoms with E-state index in [1.807, 2.05) is 0 Å². The summed E-state index contributed by atoms with van der Waals surface area (Å²) in [5.74, 6) is -0.115. The summed E-state index contributed by atoms with van der Waals surface area (Å²) in [4.78, 5) is 31.1. The van der Waals surface area contributed by atoms with E-state index < -0.39 is 23.0 Å². The van der Waals surface area contributed by atoms with Crippen LogP contribution in [0.4, 0.5) is 10.6 Å². The molecule has 2 rings (SSSR count). The maximum atomic E-state index is 11.7. The second-order valence-corrected chi connectivity index (χ2v) is 5.86. The highest BCUT2D eigenvalue weighted by atomic mass is 16.6. The van der Waals surface area contributed by atoms with Gasteiger partial charge in [-0.1, -0.05) is 0 Å².